The van der Waals surface area contributed by atoms with Gasteiger partial charge in [-0.15, -0.1) is 0 Å². The molecule has 0 aliphatic carbocycles. The van der Waals surface area contributed by atoms with E-state index in [1.165, 1.54) is 21.6 Å². The maximum atomic E-state index is 10.7. The van der Waals surface area contributed by atoms with Crippen molar-refractivity contribution < 1.29 is 19.1 Å². The van der Waals surface area contributed by atoms with Crippen molar-refractivity contribution in [2.75, 3.05) is 23.4 Å². The van der Waals surface area contributed by atoms with Crippen LogP contribution >= 0.6 is 43.2 Å². The second kappa shape index (κ2) is 13.3. The summed E-state index contributed by atoms with van der Waals surface area (Å²) in [5, 5.41) is 0. The average Bonchev–Trinajstić information content (AvgIpc) is 2.40. The molecule has 0 aromatic heterocycles. The van der Waals surface area contributed by atoms with E-state index in [0.717, 1.165) is 23.7 Å². The third kappa shape index (κ3) is 12.3. The van der Waals surface area contributed by atoms with Gasteiger partial charge in [-0.2, -0.15) is 0 Å². The highest BCUT2D eigenvalue weighted by molar-refractivity contribution is 8.78. The maximum absolute atomic E-state index is 10.7. The van der Waals surface area contributed by atoms with Gasteiger partial charge in [-0.25, -0.2) is 9.59 Å². The molecule has 0 spiro atoms. The zero-order chi connectivity index (χ0) is 13.6. The summed E-state index contributed by atoms with van der Waals surface area (Å²) in [6, 6.07) is 0. The summed E-state index contributed by atoms with van der Waals surface area (Å²) in [7, 11) is 6.19. The zero-order valence-corrected chi connectivity index (χ0v) is 12.9. The first kappa shape index (κ1) is 17.8. The lowest BCUT2D eigenvalue weighted by atomic mass is 10.7. The number of esters is 2. The molecule has 0 atom stereocenters. The van der Waals surface area contributed by atoms with Crippen LogP contribution in [-0.4, -0.2) is 35.3 Å². The Morgan fingerprint density at radius 1 is 0.833 bits per heavy atom. The Labute approximate surface area is 122 Å². The molecule has 0 heterocycles. The van der Waals surface area contributed by atoms with Gasteiger partial charge in [-0.05, 0) is 0 Å². The summed E-state index contributed by atoms with van der Waals surface area (Å²) in [6.07, 6.45) is 2.28. The summed E-state index contributed by atoms with van der Waals surface area (Å²) in [6.45, 7) is 6.59. The highest BCUT2D eigenvalue weighted by atomic mass is 33.1. The highest BCUT2D eigenvalue weighted by Gasteiger charge is 1.98. The lowest BCUT2D eigenvalue weighted by Gasteiger charge is -2.02. The normalized spacial score (nSPS) is 9.56. The molecule has 18 heavy (non-hydrogen) atoms. The summed E-state index contributed by atoms with van der Waals surface area (Å²) >= 11 is 0. The van der Waals surface area contributed by atoms with Crippen molar-refractivity contribution in [3.05, 3.63) is 25.3 Å². The van der Waals surface area contributed by atoms with Gasteiger partial charge in [0.25, 0.3) is 0 Å². The zero-order valence-electron chi connectivity index (χ0n) is 9.66. The van der Waals surface area contributed by atoms with E-state index in [1.54, 1.807) is 21.6 Å². The lowest BCUT2D eigenvalue weighted by Crippen LogP contribution is -1.98. The number of rotatable bonds is 11. The number of hydrogen-bond acceptors (Lipinski definition) is 8. The van der Waals surface area contributed by atoms with E-state index < -0.39 is 11.9 Å². The monoisotopic (exact) mass is 326 g/mol. The van der Waals surface area contributed by atoms with Crippen LogP contribution in [0.1, 0.15) is 0 Å². The topological polar surface area (TPSA) is 52.6 Å². The van der Waals surface area contributed by atoms with Crippen molar-refractivity contribution in [1.82, 2.24) is 0 Å². The third-order valence-corrected chi connectivity index (χ3v) is 5.59. The van der Waals surface area contributed by atoms with E-state index in [2.05, 4.69) is 13.2 Å². The van der Waals surface area contributed by atoms with Gasteiger partial charge in [0.1, 0.15) is 11.9 Å². The standard InChI is InChI=1S/C10H14O4S4/c1-3-9(11)13-7-17-15-5-6-16-18-8-14-10(12)4-2/h3-4H,1-2,5-8H2. The third-order valence-electron chi connectivity index (χ3n) is 1.25. The molecule has 0 saturated heterocycles. The van der Waals surface area contributed by atoms with Crippen LogP contribution in [-0.2, 0) is 19.1 Å². The molecule has 0 bridgehead atoms. The fourth-order valence-electron chi connectivity index (χ4n) is 0.536. The molecule has 0 aliphatic heterocycles. The largest absolute Gasteiger partial charge is 0.451 e. The Morgan fingerprint density at radius 2 is 1.22 bits per heavy atom. The first-order valence-electron chi connectivity index (χ1n) is 4.78. The maximum Gasteiger partial charge on any atom is 0.331 e. The number of hydrogen-bond donors (Lipinski definition) is 0. The van der Waals surface area contributed by atoms with E-state index >= 15 is 0 Å². The van der Waals surface area contributed by atoms with E-state index in [-0.39, 0.29) is 0 Å². The van der Waals surface area contributed by atoms with Crippen LogP contribution in [0.4, 0.5) is 0 Å². The van der Waals surface area contributed by atoms with Crippen molar-refractivity contribution in [1.29, 1.82) is 0 Å². The van der Waals surface area contributed by atoms with Crippen molar-refractivity contribution in [3.8, 4) is 0 Å². The molecule has 8 heteroatoms. The molecule has 0 aromatic carbocycles. The second-order valence-electron chi connectivity index (χ2n) is 2.45. The van der Waals surface area contributed by atoms with Gasteiger partial charge in [0.2, 0.25) is 0 Å². The quantitative estimate of drug-likeness (QED) is 0.189. The Bertz CT molecular complexity index is 255. The predicted octanol–water partition coefficient (Wildman–Crippen LogP) is 3.12. The fraction of sp³-hybridized carbons (Fsp3) is 0.400. The minimum atomic E-state index is -0.405. The summed E-state index contributed by atoms with van der Waals surface area (Å²) < 4.78 is 9.56. The molecule has 0 fully saturated rings. The molecule has 0 N–H and O–H groups in total. The van der Waals surface area contributed by atoms with Crippen molar-refractivity contribution in [2.24, 2.45) is 0 Å². The van der Waals surface area contributed by atoms with Gasteiger partial charge in [0.05, 0.1) is 0 Å². The van der Waals surface area contributed by atoms with Crippen LogP contribution in [0.2, 0.25) is 0 Å². The van der Waals surface area contributed by atoms with Crippen LogP contribution in [0.5, 0.6) is 0 Å². The second-order valence-corrected chi connectivity index (χ2v) is 7.51. The van der Waals surface area contributed by atoms with Gasteiger partial charge in [0, 0.05) is 23.7 Å². The Kier molecular flexibility index (Phi) is 13.1. The van der Waals surface area contributed by atoms with Crippen LogP contribution < -0.4 is 0 Å². The SMILES string of the molecule is C=CC(=O)OCSSCCSSCOC(=O)C=C. The average molecular weight is 326 g/mol. The minimum Gasteiger partial charge on any atom is -0.451 e. The molecule has 4 nitrogen and oxygen atoms in total. The summed E-state index contributed by atoms with van der Waals surface area (Å²) in [4.78, 5) is 21.4. The smallest absolute Gasteiger partial charge is 0.331 e. The van der Waals surface area contributed by atoms with Gasteiger partial charge in [0.15, 0.2) is 0 Å². The highest BCUT2D eigenvalue weighted by Crippen LogP contribution is 2.26. The molecule has 102 valence electrons. The predicted molar refractivity (Wildman–Crippen MR) is 82.4 cm³/mol. The lowest BCUT2D eigenvalue weighted by molar-refractivity contribution is -0.136. The molecule has 0 rings (SSSR count). The Morgan fingerprint density at radius 3 is 1.56 bits per heavy atom. The molecule has 0 amide bonds. The van der Waals surface area contributed by atoms with Crippen LogP contribution in [0, 0.1) is 0 Å². The first-order chi connectivity index (χ1) is 8.70. The molecule has 0 saturated carbocycles. The summed E-state index contributed by atoms with van der Waals surface area (Å²) in [5.41, 5.74) is 0. The van der Waals surface area contributed by atoms with Gasteiger partial charge >= 0.3 is 11.9 Å². The number of carbonyl (C=O) groups is 2. The van der Waals surface area contributed by atoms with Crippen molar-refractivity contribution in [3.63, 3.8) is 0 Å². The van der Waals surface area contributed by atoms with Gasteiger partial charge in [-0.1, -0.05) is 56.3 Å². The molecular weight excluding hydrogens is 312 g/mol. The first-order valence-corrected chi connectivity index (χ1v) is 9.75. The number of carbonyl (C=O) groups excluding carboxylic acids is 2. The number of ether oxygens (including phenoxy) is 2. The van der Waals surface area contributed by atoms with Gasteiger partial charge in [-0.3, -0.25) is 0 Å². The molecule has 0 radical (unpaired) electrons. The van der Waals surface area contributed by atoms with Crippen molar-refractivity contribution >= 4 is 55.1 Å². The Balaban J connectivity index is 3.12. The van der Waals surface area contributed by atoms with E-state index in [1.807, 2.05) is 0 Å². The molecule has 0 aromatic rings. The minimum absolute atomic E-state index is 0.324. The van der Waals surface area contributed by atoms with E-state index in [0.29, 0.717) is 11.9 Å². The molecule has 0 unspecified atom stereocenters. The van der Waals surface area contributed by atoms with Gasteiger partial charge < -0.3 is 9.47 Å². The van der Waals surface area contributed by atoms with Crippen molar-refractivity contribution in [2.45, 2.75) is 0 Å². The summed E-state index contributed by atoms with van der Waals surface area (Å²) in [5.74, 6) is 1.68. The fourth-order valence-corrected chi connectivity index (χ4v) is 4.41. The van der Waals surface area contributed by atoms with Crippen LogP contribution in [0.25, 0.3) is 0 Å². The van der Waals surface area contributed by atoms with Crippen LogP contribution in [0.3, 0.4) is 0 Å². The molecular formula is C10H14O4S4. The van der Waals surface area contributed by atoms with E-state index in [9.17, 15) is 9.59 Å². The Hall–Kier alpha value is -0.180. The molecule has 0 aliphatic rings. The van der Waals surface area contributed by atoms with Crippen LogP contribution in [0.15, 0.2) is 25.3 Å². The van der Waals surface area contributed by atoms with E-state index in [4.69, 9.17) is 9.47 Å².